The van der Waals surface area contributed by atoms with E-state index in [0.717, 1.165) is 0 Å². The number of carbonyl (C=O) groups excluding carboxylic acids is 1. The molecule has 1 aromatic heterocycles. The minimum atomic E-state index is -1.59. The molecule has 6 heteroatoms. The first kappa shape index (κ1) is 12.4. The van der Waals surface area contributed by atoms with Crippen LogP contribution in [0.1, 0.15) is 10.4 Å². The SMILES string of the molecule is CN(C(=O)c1cccc(B(O)O)c1)c1ccco1. The molecule has 0 aliphatic carbocycles. The minimum Gasteiger partial charge on any atom is -0.448 e. The van der Waals surface area contributed by atoms with E-state index in [9.17, 15) is 4.79 Å². The van der Waals surface area contributed by atoms with Crippen molar-refractivity contribution in [2.75, 3.05) is 11.9 Å². The molecule has 0 atom stereocenters. The molecule has 2 aromatic rings. The fourth-order valence-corrected chi connectivity index (χ4v) is 1.59. The van der Waals surface area contributed by atoms with Crippen molar-refractivity contribution in [3.8, 4) is 0 Å². The van der Waals surface area contributed by atoms with Crippen LogP contribution in [0.15, 0.2) is 47.1 Å². The summed E-state index contributed by atoms with van der Waals surface area (Å²) >= 11 is 0. The molecular weight excluding hydrogens is 233 g/mol. The van der Waals surface area contributed by atoms with Gasteiger partial charge in [-0.15, -0.1) is 0 Å². The van der Waals surface area contributed by atoms with Crippen molar-refractivity contribution in [3.63, 3.8) is 0 Å². The van der Waals surface area contributed by atoms with Crippen molar-refractivity contribution < 1.29 is 19.3 Å². The van der Waals surface area contributed by atoms with Crippen LogP contribution in [0.3, 0.4) is 0 Å². The van der Waals surface area contributed by atoms with Crippen LogP contribution in [0.4, 0.5) is 5.88 Å². The molecule has 5 nitrogen and oxygen atoms in total. The minimum absolute atomic E-state index is 0.272. The van der Waals surface area contributed by atoms with Crippen molar-refractivity contribution in [2.45, 2.75) is 0 Å². The topological polar surface area (TPSA) is 73.9 Å². The molecule has 0 aliphatic rings. The number of amides is 1. The van der Waals surface area contributed by atoms with Crippen LogP contribution in [-0.4, -0.2) is 30.1 Å². The maximum atomic E-state index is 12.1. The number of benzene rings is 1. The second-order valence-corrected chi connectivity index (χ2v) is 3.81. The Morgan fingerprint density at radius 2 is 2.06 bits per heavy atom. The van der Waals surface area contributed by atoms with Crippen LogP contribution in [0, 0.1) is 0 Å². The molecule has 1 aromatic carbocycles. The normalized spacial score (nSPS) is 10.2. The standard InChI is InChI=1S/C12H12BNO4/c1-14(11-6-3-7-18-11)12(15)9-4-2-5-10(8-9)13(16)17/h2-8,16-17H,1H3. The number of hydrogen-bond acceptors (Lipinski definition) is 4. The maximum absolute atomic E-state index is 12.1. The van der Waals surface area contributed by atoms with Gasteiger partial charge in [0.15, 0.2) is 0 Å². The number of nitrogens with zero attached hydrogens (tertiary/aromatic N) is 1. The Labute approximate surface area is 104 Å². The van der Waals surface area contributed by atoms with Gasteiger partial charge in [0.1, 0.15) is 0 Å². The third-order valence-electron chi connectivity index (χ3n) is 2.57. The average molecular weight is 245 g/mol. The molecule has 0 aliphatic heterocycles. The van der Waals surface area contributed by atoms with E-state index in [0.29, 0.717) is 11.4 Å². The molecule has 0 bridgehead atoms. The monoisotopic (exact) mass is 245 g/mol. The van der Waals surface area contributed by atoms with Gasteiger partial charge in [0.05, 0.1) is 6.26 Å². The summed E-state index contributed by atoms with van der Waals surface area (Å²) in [5, 5.41) is 18.1. The number of rotatable bonds is 3. The number of hydrogen-bond donors (Lipinski definition) is 2. The van der Waals surface area contributed by atoms with E-state index in [1.807, 2.05) is 0 Å². The summed E-state index contributed by atoms with van der Waals surface area (Å²) in [7, 11) is -0.00453. The van der Waals surface area contributed by atoms with Gasteiger partial charge >= 0.3 is 7.12 Å². The molecule has 0 saturated heterocycles. The molecule has 0 radical (unpaired) electrons. The largest absolute Gasteiger partial charge is 0.488 e. The van der Waals surface area contributed by atoms with E-state index < -0.39 is 7.12 Å². The lowest BCUT2D eigenvalue weighted by Gasteiger charge is -2.14. The summed E-state index contributed by atoms with van der Waals surface area (Å²) in [6, 6.07) is 9.53. The molecule has 2 N–H and O–H groups in total. The molecule has 0 fully saturated rings. The van der Waals surface area contributed by atoms with Crippen LogP contribution in [0.2, 0.25) is 0 Å². The fourth-order valence-electron chi connectivity index (χ4n) is 1.59. The Morgan fingerprint density at radius 1 is 1.28 bits per heavy atom. The highest BCUT2D eigenvalue weighted by atomic mass is 16.4. The third-order valence-corrected chi connectivity index (χ3v) is 2.57. The van der Waals surface area contributed by atoms with Crippen molar-refractivity contribution in [1.82, 2.24) is 0 Å². The van der Waals surface area contributed by atoms with Gasteiger partial charge in [0.25, 0.3) is 5.91 Å². The van der Waals surface area contributed by atoms with Crippen molar-refractivity contribution in [2.24, 2.45) is 0 Å². The van der Waals surface area contributed by atoms with E-state index in [4.69, 9.17) is 14.5 Å². The summed E-state index contributed by atoms with van der Waals surface area (Å²) in [6.07, 6.45) is 1.48. The molecule has 1 heterocycles. The molecular formula is C12H12BNO4. The van der Waals surface area contributed by atoms with Gasteiger partial charge in [-0.1, -0.05) is 12.1 Å². The van der Waals surface area contributed by atoms with Gasteiger partial charge in [-0.25, -0.2) is 0 Å². The lowest BCUT2D eigenvalue weighted by molar-refractivity contribution is 0.0989. The van der Waals surface area contributed by atoms with Gasteiger partial charge < -0.3 is 14.5 Å². The predicted octanol–water partition coefficient (Wildman–Crippen LogP) is 0.236. The van der Waals surface area contributed by atoms with E-state index in [-0.39, 0.29) is 11.4 Å². The molecule has 1 amide bonds. The second kappa shape index (κ2) is 5.08. The van der Waals surface area contributed by atoms with Gasteiger partial charge in [-0.05, 0) is 23.7 Å². The first-order valence-electron chi connectivity index (χ1n) is 5.37. The maximum Gasteiger partial charge on any atom is 0.488 e. The van der Waals surface area contributed by atoms with Crippen LogP contribution < -0.4 is 10.4 Å². The Hall–Kier alpha value is -2.05. The molecule has 0 saturated carbocycles. The lowest BCUT2D eigenvalue weighted by Crippen LogP contribution is -2.32. The zero-order valence-corrected chi connectivity index (χ0v) is 9.78. The second-order valence-electron chi connectivity index (χ2n) is 3.81. The summed E-state index contributed by atoms with van der Waals surface area (Å²) in [5.41, 5.74) is 0.633. The quantitative estimate of drug-likeness (QED) is 0.759. The first-order valence-corrected chi connectivity index (χ1v) is 5.37. The Kier molecular flexibility index (Phi) is 3.50. The van der Waals surface area contributed by atoms with Gasteiger partial charge in [-0.3, -0.25) is 9.69 Å². The molecule has 2 rings (SSSR count). The van der Waals surface area contributed by atoms with Gasteiger partial charge in [0.2, 0.25) is 5.88 Å². The van der Waals surface area contributed by atoms with Gasteiger partial charge in [-0.2, -0.15) is 0 Å². The Bertz CT molecular complexity index is 539. The number of furan rings is 1. The van der Waals surface area contributed by atoms with Crippen LogP contribution in [0.25, 0.3) is 0 Å². The predicted molar refractivity (Wildman–Crippen MR) is 67.7 cm³/mol. The average Bonchev–Trinajstić information content (AvgIpc) is 2.91. The fraction of sp³-hybridized carbons (Fsp3) is 0.0833. The number of anilines is 1. The zero-order chi connectivity index (χ0) is 13.1. The van der Waals surface area contributed by atoms with E-state index in [2.05, 4.69) is 0 Å². The first-order chi connectivity index (χ1) is 8.59. The molecule has 0 unspecified atom stereocenters. The highest BCUT2D eigenvalue weighted by Gasteiger charge is 2.18. The van der Waals surface area contributed by atoms with E-state index in [1.54, 1.807) is 31.3 Å². The summed E-state index contributed by atoms with van der Waals surface area (Å²) in [5.74, 6) is 0.141. The molecule has 18 heavy (non-hydrogen) atoms. The molecule has 92 valence electrons. The van der Waals surface area contributed by atoms with Crippen molar-refractivity contribution in [3.05, 3.63) is 48.2 Å². The van der Waals surface area contributed by atoms with Crippen LogP contribution in [0.5, 0.6) is 0 Å². The van der Waals surface area contributed by atoms with Crippen LogP contribution >= 0.6 is 0 Å². The highest BCUT2D eigenvalue weighted by Crippen LogP contribution is 2.15. The zero-order valence-electron chi connectivity index (χ0n) is 9.78. The van der Waals surface area contributed by atoms with E-state index >= 15 is 0 Å². The van der Waals surface area contributed by atoms with Crippen molar-refractivity contribution >= 4 is 24.4 Å². The van der Waals surface area contributed by atoms with Crippen molar-refractivity contribution in [1.29, 1.82) is 0 Å². The van der Waals surface area contributed by atoms with E-state index in [1.165, 1.54) is 23.3 Å². The Balaban J connectivity index is 2.26. The smallest absolute Gasteiger partial charge is 0.448 e. The Morgan fingerprint density at radius 3 is 2.67 bits per heavy atom. The summed E-state index contributed by atoms with van der Waals surface area (Å²) in [4.78, 5) is 13.5. The molecule has 0 spiro atoms. The third kappa shape index (κ3) is 2.44. The number of carbonyl (C=O) groups is 1. The lowest BCUT2D eigenvalue weighted by atomic mass is 9.79. The summed E-state index contributed by atoms with van der Waals surface area (Å²) < 4.78 is 5.12. The summed E-state index contributed by atoms with van der Waals surface area (Å²) in [6.45, 7) is 0. The van der Waals surface area contributed by atoms with Gasteiger partial charge in [0, 0.05) is 18.7 Å². The highest BCUT2D eigenvalue weighted by molar-refractivity contribution is 6.58. The van der Waals surface area contributed by atoms with Crippen LogP contribution in [-0.2, 0) is 0 Å².